The van der Waals surface area contributed by atoms with Gasteiger partial charge >= 0.3 is 0 Å². The lowest BCUT2D eigenvalue weighted by atomic mass is 10.1. The zero-order valence-electron chi connectivity index (χ0n) is 12.8. The first-order chi connectivity index (χ1) is 10.7. The van der Waals surface area contributed by atoms with Gasteiger partial charge in [-0.2, -0.15) is 0 Å². The topological polar surface area (TPSA) is 35.9 Å². The first kappa shape index (κ1) is 15.3. The smallest absolute Gasteiger partial charge is 0.0948 e. The van der Waals surface area contributed by atoms with E-state index in [1.54, 1.807) is 11.3 Å². The van der Waals surface area contributed by atoms with E-state index in [9.17, 15) is 5.11 Å². The molecule has 5 heteroatoms. The number of nitrogens with zero attached hydrogens (tertiary/aromatic N) is 2. The fourth-order valence-electron chi connectivity index (χ4n) is 2.75. The van der Waals surface area contributed by atoms with Crippen LogP contribution in [0.5, 0.6) is 0 Å². The fraction of sp³-hybridized carbons (Fsp3) is 0.412. The number of ether oxygens (including phenoxy) is 1. The van der Waals surface area contributed by atoms with Crippen LogP contribution >= 0.6 is 11.3 Å². The molecule has 3 rings (SSSR count). The molecule has 1 aliphatic heterocycles. The van der Waals surface area contributed by atoms with Crippen LogP contribution in [0.1, 0.15) is 4.88 Å². The van der Waals surface area contributed by atoms with Gasteiger partial charge in [-0.15, -0.1) is 11.3 Å². The highest BCUT2D eigenvalue weighted by molar-refractivity contribution is 7.09. The number of benzene rings is 1. The molecule has 22 heavy (non-hydrogen) atoms. The lowest BCUT2D eigenvalue weighted by molar-refractivity contribution is 0.0330. The van der Waals surface area contributed by atoms with Crippen LogP contribution in [0, 0.1) is 0 Å². The molecule has 2 aromatic rings. The van der Waals surface area contributed by atoms with Gasteiger partial charge in [-0.3, -0.25) is 0 Å². The Kier molecular flexibility index (Phi) is 4.97. The number of fused-ring (bicyclic) bond motifs is 1. The van der Waals surface area contributed by atoms with Crippen LogP contribution in [0.2, 0.25) is 0 Å². The lowest BCUT2D eigenvalue weighted by Gasteiger charge is -2.37. The van der Waals surface area contributed by atoms with E-state index < -0.39 is 6.10 Å². The molecule has 0 fully saturated rings. The minimum Gasteiger partial charge on any atom is -0.389 e. The van der Waals surface area contributed by atoms with Gasteiger partial charge in [0.1, 0.15) is 0 Å². The Balaban J connectivity index is 1.53. The molecule has 1 aromatic heterocycles. The van der Waals surface area contributed by atoms with Crippen molar-refractivity contribution >= 4 is 22.7 Å². The molecule has 0 spiro atoms. The van der Waals surface area contributed by atoms with Crippen LogP contribution in [0.4, 0.5) is 11.4 Å². The molecule has 1 aliphatic rings. The summed E-state index contributed by atoms with van der Waals surface area (Å²) in [5, 5.41) is 12.3. The second-order valence-electron chi connectivity index (χ2n) is 5.60. The van der Waals surface area contributed by atoms with Crippen LogP contribution in [0.15, 0.2) is 41.8 Å². The number of β-amino-alcohol motifs (C(OH)–C–C–N with tert-alkyl or cyclic N) is 1. The molecule has 0 amide bonds. The molecule has 0 saturated heterocycles. The average molecular weight is 318 g/mol. The van der Waals surface area contributed by atoms with E-state index in [1.807, 2.05) is 23.6 Å². The maximum Gasteiger partial charge on any atom is 0.0948 e. The molecule has 2 heterocycles. The van der Waals surface area contributed by atoms with E-state index in [1.165, 1.54) is 16.3 Å². The number of likely N-dealkylation sites (N-methyl/N-ethyl adjacent to an activating group) is 1. The summed E-state index contributed by atoms with van der Waals surface area (Å²) >= 11 is 1.68. The van der Waals surface area contributed by atoms with Gasteiger partial charge in [0, 0.05) is 31.6 Å². The Morgan fingerprint density at radius 2 is 2.00 bits per heavy atom. The van der Waals surface area contributed by atoms with Crippen LogP contribution in [0.3, 0.4) is 0 Å². The third-order valence-electron chi connectivity index (χ3n) is 3.90. The molecule has 1 atom stereocenters. The van der Waals surface area contributed by atoms with Crippen LogP contribution in [0.25, 0.3) is 0 Å². The van der Waals surface area contributed by atoms with Crippen molar-refractivity contribution < 1.29 is 9.84 Å². The largest absolute Gasteiger partial charge is 0.389 e. The lowest BCUT2D eigenvalue weighted by Crippen LogP contribution is -2.43. The van der Waals surface area contributed by atoms with Gasteiger partial charge in [-0.05, 0) is 23.6 Å². The van der Waals surface area contributed by atoms with E-state index >= 15 is 0 Å². The summed E-state index contributed by atoms with van der Waals surface area (Å²) < 4.78 is 5.61. The molecular formula is C17H22N2O2S. The summed E-state index contributed by atoms with van der Waals surface area (Å²) in [6, 6.07) is 12.4. The third-order valence-corrected chi connectivity index (χ3v) is 4.75. The summed E-state index contributed by atoms with van der Waals surface area (Å²) in [5.41, 5.74) is 2.41. The monoisotopic (exact) mass is 318 g/mol. The normalized spacial score (nSPS) is 15.7. The van der Waals surface area contributed by atoms with Gasteiger partial charge < -0.3 is 19.6 Å². The molecule has 0 radical (unpaired) electrons. The van der Waals surface area contributed by atoms with E-state index in [0.717, 1.165) is 13.1 Å². The summed E-state index contributed by atoms with van der Waals surface area (Å²) in [6.07, 6.45) is -0.476. The van der Waals surface area contributed by atoms with Crippen molar-refractivity contribution in [2.75, 3.05) is 43.1 Å². The van der Waals surface area contributed by atoms with Gasteiger partial charge in [0.2, 0.25) is 0 Å². The molecule has 4 nitrogen and oxygen atoms in total. The van der Waals surface area contributed by atoms with Crippen molar-refractivity contribution in [2.24, 2.45) is 0 Å². The Labute approximate surface area is 135 Å². The molecule has 1 N–H and O–H groups in total. The number of anilines is 2. The number of thiophene rings is 1. The van der Waals surface area contributed by atoms with Crippen molar-refractivity contribution in [3.05, 3.63) is 46.7 Å². The predicted molar refractivity (Wildman–Crippen MR) is 91.9 cm³/mol. The summed E-state index contributed by atoms with van der Waals surface area (Å²) in [6.45, 7) is 3.45. The molecule has 1 aromatic carbocycles. The second-order valence-corrected chi connectivity index (χ2v) is 6.64. The quantitative estimate of drug-likeness (QED) is 0.888. The second kappa shape index (κ2) is 7.13. The van der Waals surface area contributed by atoms with Gasteiger partial charge in [0.15, 0.2) is 0 Å². The summed E-state index contributed by atoms with van der Waals surface area (Å²) in [5.74, 6) is 0. The van der Waals surface area contributed by atoms with Gasteiger partial charge in [0.25, 0.3) is 0 Å². The Morgan fingerprint density at radius 1 is 1.18 bits per heavy atom. The highest BCUT2D eigenvalue weighted by Crippen LogP contribution is 2.31. The summed E-state index contributed by atoms with van der Waals surface area (Å²) in [7, 11) is 2.11. The number of para-hydroxylation sites is 2. The van der Waals surface area contributed by atoms with Crippen molar-refractivity contribution in [3.63, 3.8) is 0 Å². The van der Waals surface area contributed by atoms with Gasteiger partial charge in [0.05, 0.1) is 30.7 Å². The van der Waals surface area contributed by atoms with E-state index in [0.29, 0.717) is 19.8 Å². The van der Waals surface area contributed by atoms with E-state index in [4.69, 9.17) is 4.74 Å². The fourth-order valence-corrected chi connectivity index (χ4v) is 3.39. The predicted octanol–water partition coefficient (Wildman–Crippen LogP) is 2.58. The highest BCUT2D eigenvalue weighted by Gasteiger charge is 2.21. The maximum atomic E-state index is 10.2. The Hall–Kier alpha value is -1.56. The molecular weight excluding hydrogens is 296 g/mol. The van der Waals surface area contributed by atoms with Crippen LogP contribution < -0.4 is 9.80 Å². The zero-order chi connectivity index (χ0) is 15.4. The van der Waals surface area contributed by atoms with Crippen LogP contribution in [-0.4, -0.2) is 44.5 Å². The number of hydrogen-bond donors (Lipinski definition) is 1. The standard InChI is InChI=1S/C17H22N2O2S/c1-18-8-9-19(17-7-3-2-6-16(17)18)11-14(20)12-21-13-15-5-4-10-22-15/h2-7,10,14,20H,8-9,11-13H2,1H3. The van der Waals surface area contributed by atoms with Crippen LogP contribution in [-0.2, 0) is 11.3 Å². The minimum atomic E-state index is -0.476. The number of hydrogen-bond acceptors (Lipinski definition) is 5. The van der Waals surface area contributed by atoms with Gasteiger partial charge in [-0.1, -0.05) is 18.2 Å². The summed E-state index contributed by atoms with van der Waals surface area (Å²) in [4.78, 5) is 5.69. The molecule has 0 saturated carbocycles. The Morgan fingerprint density at radius 3 is 2.77 bits per heavy atom. The molecule has 118 valence electrons. The minimum absolute atomic E-state index is 0.367. The third kappa shape index (κ3) is 3.61. The van der Waals surface area contributed by atoms with E-state index in [-0.39, 0.29) is 0 Å². The molecule has 1 unspecified atom stereocenters. The van der Waals surface area contributed by atoms with E-state index in [2.05, 4.69) is 35.0 Å². The average Bonchev–Trinajstić information content (AvgIpc) is 3.04. The first-order valence-corrected chi connectivity index (χ1v) is 8.45. The Bertz CT molecular complexity index is 588. The molecule has 0 aliphatic carbocycles. The van der Waals surface area contributed by atoms with Gasteiger partial charge in [-0.25, -0.2) is 0 Å². The van der Waals surface area contributed by atoms with Crippen molar-refractivity contribution in [2.45, 2.75) is 12.7 Å². The maximum absolute atomic E-state index is 10.2. The number of aliphatic hydroxyl groups is 1. The number of aliphatic hydroxyl groups excluding tert-OH is 1. The van der Waals surface area contributed by atoms with Crippen molar-refractivity contribution in [1.82, 2.24) is 0 Å². The zero-order valence-corrected chi connectivity index (χ0v) is 13.6. The van der Waals surface area contributed by atoms with Crippen molar-refractivity contribution in [3.8, 4) is 0 Å². The SMILES string of the molecule is CN1CCN(CC(O)COCc2cccs2)c2ccccc21. The van der Waals surface area contributed by atoms with Crippen molar-refractivity contribution in [1.29, 1.82) is 0 Å². The molecule has 0 bridgehead atoms. The first-order valence-electron chi connectivity index (χ1n) is 7.57. The number of rotatable bonds is 6. The highest BCUT2D eigenvalue weighted by atomic mass is 32.1.